The van der Waals surface area contributed by atoms with E-state index in [-0.39, 0.29) is 6.61 Å². The van der Waals surface area contributed by atoms with Crippen molar-refractivity contribution in [3.05, 3.63) is 0 Å². The SMILES string of the molecule is CCOC(=O)NCC(F)(F)CO. The maximum absolute atomic E-state index is 12.2. The lowest BCUT2D eigenvalue weighted by Gasteiger charge is -2.13. The number of aliphatic hydroxyl groups is 1. The Morgan fingerprint density at radius 1 is 1.67 bits per heavy atom. The van der Waals surface area contributed by atoms with E-state index in [0.29, 0.717) is 0 Å². The summed E-state index contributed by atoms with van der Waals surface area (Å²) >= 11 is 0. The summed E-state index contributed by atoms with van der Waals surface area (Å²) in [6.45, 7) is -0.526. The van der Waals surface area contributed by atoms with Crippen LogP contribution in [0.1, 0.15) is 6.92 Å². The number of ether oxygens (including phenoxy) is 1. The van der Waals surface area contributed by atoms with Crippen LogP contribution in [-0.4, -0.2) is 36.9 Å². The summed E-state index contributed by atoms with van der Waals surface area (Å²) in [6, 6.07) is 0. The Morgan fingerprint density at radius 2 is 2.25 bits per heavy atom. The molecule has 72 valence electrons. The number of amides is 1. The van der Waals surface area contributed by atoms with Gasteiger partial charge in [0.2, 0.25) is 0 Å². The van der Waals surface area contributed by atoms with Gasteiger partial charge in [-0.3, -0.25) is 0 Å². The number of halogens is 2. The van der Waals surface area contributed by atoms with Gasteiger partial charge in [0, 0.05) is 0 Å². The average molecular weight is 183 g/mol. The van der Waals surface area contributed by atoms with Gasteiger partial charge < -0.3 is 15.2 Å². The van der Waals surface area contributed by atoms with Gasteiger partial charge in [-0.1, -0.05) is 0 Å². The van der Waals surface area contributed by atoms with E-state index in [1.54, 1.807) is 12.2 Å². The van der Waals surface area contributed by atoms with Crippen LogP contribution in [-0.2, 0) is 4.74 Å². The first-order valence-electron chi connectivity index (χ1n) is 3.41. The van der Waals surface area contributed by atoms with Crippen molar-refractivity contribution in [2.75, 3.05) is 19.8 Å². The summed E-state index contributed by atoms with van der Waals surface area (Å²) < 4.78 is 28.8. The lowest BCUT2D eigenvalue weighted by atomic mass is 10.3. The maximum atomic E-state index is 12.2. The predicted octanol–water partition coefficient (Wildman–Crippen LogP) is 0.360. The van der Waals surface area contributed by atoms with Crippen molar-refractivity contribution in [3.8, 4) is 0 Å². The van der Waals surface area contributed by atoms with Crippen LogP contribution in [0, 0.1) is 0 Å². The van der Waals surface area contributed by atoms with Crippen molar-refractivity contribution in [3.63, 3.8) is 0 Å². The molecule has 0 spiro atoms. The summed E-state index contributed by atoms with van der Waals surface area (Å²) in [5.41, 5.74) is 0. The van der Waals surface area contributed by atoms with Gasteiger partial charge in [-0.05, 0) is 6.92 Å². The molecule has 0 unspecified atom stereocenters. The molecule has 0 atom stereocenters. The van der Waals surface area contributed by atoms with E-state index in [0.717, 1.165) is 0 Å². The van der Waals surface area contributed by atoms with E-state index in [1.807, 2.05) is 0 Å². The summed E-state index contributed by atoms with van der Waals surface area (Å²) in [5, 5.41) is 9.90. The summed E-state index contributed by atoms with van der Waals surface area (Å²) in [7, 11) is 0. The highest BCUT2D eigenvalue weighted by molar-refractivity contribution is 5.67. The second-order valence-electron chi connectivity index (χ2n) is 2.09. The molecule has 0 aromatic rings. The molecule has 0 fully saturated rings. The minimum Gasteiger partial charge on any atom is -0.450 e. The first-order valence-corrected chi connectivity index (χ1v) is 3.41. The Balaban J connectivity index is 3.60. The second kappa shape index (κ2) is 4.87. The number of hydrogen-bond donors (Lipinski definition) is 2. The van der Waals surface area contributed by atoms with Crippen molar-refractivity contribution in [1.82, 2.24) is 5.32 Å². The van der Waals surface area contributed by atoms with Crippen LogP contribution in [0.25, 0.3) is 0 Å². The molecule has 1 amide bonds. The zero-order valence-electron chi connectivity index (χ0n) is 6.64. The number of aliphatic hydroxyl groups excluding tert-OH is 1. The van der Waals surface area contributed by atoms with Crippen molar-refractivity contribution >= 4 is 6.09 Å². The van der Waals surface area contributed by atoms with E-state index in [4.69, 9.17) is 5.11 Å². The minimum absolute atomic E-state index is 0.122. The molecule has 0 radical (unpaired) electrons. The molecule has 0 bridgehead atoms. The predicted molar refractivity (Wildman–Crippen MR) is 37.1 cm³/mol. The lowest BCUT2D eigenvalue weighted by Crippen LogP contribution is -2.39. The highest BCUT2D eigenvalue weighted by atomic mass is 19.3. The molecular formula is C6H11F2NO3. The largest absolute Gasteiger partial charge is 0.450 e. The standard InChI is InChI=1S/C6H11F2NO3/c1-2-12-5(11)9-3-6(7,8)4-10/h10H,2-4H2,1H3,(H,9,11). The van der Waals surface area contributed by atoms with Crippen LogP contribution >= 0.6 is 0 Å². The highest BCUT2D eigenvalue weighted by Gasteiger charge is 2.28. The fourth-order valence-electron chi connectivity index (χ4n) is 0.440. The molecule has 4 nitrogen and oxygen atoms in total. The number of carbonyl (C=O) groups is 1. The smallest absolute Gasteiger partial charge is 0.407 e. The number of nitrogens with one attached hydrogen (secondary N) is 1. The van der Waals surface area contributed by atoms with Crippen LogP contribution in [0.15, 0.2) is 0 Å². The molecule has 12 heavy (non-hydrogen) atoms. The van der Waals surface area contributed by atoms with E-state index in [9.17, 15) is 13.6 Å². The molecule has 0 aromatic heterocycles. The summed E-state index contributed by atoms with van der Waals surface area (Å²) in [4.78, 5) is 10.5. The summed E-state index contributed by atoms with van der Waals surface area (Å²) in [6.07, 6.45) is -0.911. The first kappa shape index (κ1) is 11.1. The fraction of sp³-hybridized carbons (Fsp3) is 0.833. The number of alkyl carbamates (subject to hydrolysis) is 1. The Kier molecular flexibility index (Phi) is 4.50. The fourth-order valence-corrected chi connectivity index (χ4v) is 0.440. The third kappa shape index (κ3) is 4.84. The number of carbonyl (C=O) groups excluding carboxylic acids is 1. The van der Waals surface area contributed by atoms with Crippen LogP contribution in [0.3, 0.4) is 0 Å². The summed E-state index contributed by atoms with van der Waals surface area (Å²) in [5.74, 6) is -3.28. The van der Waals surface area contributed by atoms with Crippen molar-refractivity contribution in [2.45, 2.75) is 12.8 Å². The van der Waals surface area contributed by atoms with Crippen LogP contribution in [0.2, 0.25) is 0 Å². The molecular weight excluding hydrogens is 172 g/mol. The van der Waals surface area contributed by atoms with Gasteiger partial charge in [0.05, 0.1) is 13.2 Å². The number of rotatable bonds is 4. The van der Waals surface area contributed by atoms with Crippen LogP contribution in [0.4, 0.5) is 13.6 Å². The van der Waals surface area contributed by atoms with Gasteiger partial charge in [-0.25, -0.2) is 13.6 Å². The normalized spacial score (nSPS) is 11.0. The molecule has 0 saturated carbocycles. The minimum atomic E-state index is -3.28. The molecule has 0 aliphatic carbocycles. The number of alkyl halides is 2. The van der Waals surface area contributed by atoms with Crippen LogP contribution in [0.5, 0.6) is 0 Å². The van der Waals surface area contributed by atoms with Crippen molar-refractivity contribution in [2.24, 2.45) is 0 Å². The van der Waals surface area contributed by atoms with Crippen LogP contribution < -0.4 is 5.32 Å². The molecule has 6 heteroatoms. The van der Waals surface area contributed by atoms with E-state index < -0.39 is 25.2 Å². The highest BCUT2D eigenvalue weighted by Crippen LogP contribution is 2.09. The molecule has 0 aliphatic rings. The zero-order valence-corrected chi connectivity index (χ0v) is 6.64. The average Bonchev–Trinajstić information content (AvgIpc) is 2.02. The third-order valence-electron chi connectivity index (χ3n) is 0.998. The lowest BCUT2D eigenvalue weighted by molar-refractivity contribution is -0.0469. The van der Waals surface area contributed by atoms with Gasteiger partial charge in [0.1, 0.15) is 6.61 Å². The molecule has 0 saturated heterocycles. The monoisotopic (exact) mass is 183 g/mol. The molecule has 0 heterocycles. The number of hydrogen-bond acceptors (Lipinski definition) is 3. The third-order valence-corrected chi connectivity index (χ3v) is 0.998. The van der Waals surface area contributed by atoms with Gasteiger partial charge in [0.25, 0.3) is 5.92 Å². The van der Waals surface area contributed by atoms with Crippen molar-refractivity contribution in [1.29, 1.82) is 0 Å². The Morgan fingerprint density at radius 3 is 2.67 bits per heavy atom. The maximum Gasteiger partial charge on any atom is 0.407 e. The molecule has 0 aliphatic heterocycles. The van der Waals surface area contributed by atoms with Gasteiger partial charge in [-0.2, -0.15) is 0 Å². The van der Waals surface area contributed by atoms with Gasteiger partial charge in [-0.15, -0.1) is 0 Å². The molecule has 0 aromatic carbocycles. The van der Waals surface area contributed by atoms with Gasteiger partial charge in [0.15, 0.2) is 0 Å². The van der Waals surface area contributed by atoms with Crippen molar-refractivity contribution < 1.29 is 23.4 Å². The van der Waals surface area contributed by atoms with E-state index in [2.05, 4.69) is 4.74 Å². The Hall–Kier alpha value is -0.910. The first-order chi connectivity index (χ1) is 5.52. The second-order valence-corrected chi connectivity index (χ2v) is 2.09. The Labute approximate surface area is 68.5 Å². The molecule has 0 rings (SSSR count). The topological polar surface area (TPSA) is 58.6 Å². The van der Waals surface area contributed by atoms with Gasteiger partial charge >= 0.3 is 6.09 Å². The molecule has 2 N–H and O–H groups in total. The quantitative estimate of drug-likeness (QED) is 0.661. The Bertz CT molecular complexity index is 152. The van der Waals surface area contributed by atoms with E-state index in [1.165, 1.54) is 0 Å². The van der Waals surface area contributed by atoms with E-state index >= 15 is 0 Å². The zero-order chi connectivity index (χ0) is 9.61.